The summed E-state index contributed by atoms with van der Waals surface area (Å²) in [5.74, 6) is 0. The van der Waals surface area contributed by atoms with E-state index >= 15 is 0 Å². The van der Waals surface area contributed by atoms with Crippen LogP contribution in [0.1, 0.15) is 32.4 Å². The van der Waals surface area contributed by atoms with E-state index < -0.39 is 0 Å². The Morgan fingerprint density at radius 1 is 1.26 bits per heavy atom. The summed E-state index contributed by atoms with van der Waals surface area (Å²) >= 11 is 0. The number of aromatic nitrogens is 1. The molecule has 1 aromatic heterocycles. The highest BCUT2D eigenvalue weighted by molar-refractivity contribution is 5.78. The third-order valence-electron chi connectivity index (χ3n) is 3.29. The minimum atomic E-state index is 0.132. The van der Waals surface area contributed by atoms with Gasteiger partial charge in [0.15, 0.2) is 0 Å². The Kier molecular flexibility index (Phi) is 4.88. The van der Waals surface area contributed by atoms with Gasteiger partial charge in [0.25, 0.3) is 0 Å². The highest BCUT2D eigenvalue weighted by atomic mass is 16.5. The zero-order chi connectivity index (χ0) is 13.7. The van der Waals surface area contributed by atoms with Crippen LogP contribution >= 0.6 is 0 Å². The molecule has 0 saturated carbocycles. The van der Waals surface area contributed by atoms with Crippen molar-refractivity contribution in [2.75, 3.05) is 13.2 Å². The van der Waals surface area contributed by atoms with Gasteiger partial charge in [0.05, 0.1) is 17.7 Å². The average Bonchev–Trinajstić information content (AvgIpc) is 2.44. The topological polar surface area (TPSA) is 34.2 Å². The smallest absolute Gasteiger partial charge is 0.0742 e. The van der Waals surface area contributed by atoms with Crippen LogP contribution in [0.3, 0.4) is 0 Å². The van der Waals surface area contributed by atoms with Gasteiger partial charge in [-0.1, -0.05) is 25.1 Å². The van der Waals surface area contributed by atoms with E-state index in [1.807, 2.05) is 31.3 Å². The minimum absolute atomic E-state index is 0.132. The maximum absolute atomic E-state index is 5.73. The number of ether oxygens (including phenoxy) is 1. The molecule has 0 spiro atoms. The van der Waals surface area contributed by atoms with Gasteiger partial charge >= 0.3 is 0 Å². The van der Waals surface area contributed by atoms with Crippen LogP contribution in [0.15, 0.2) is 36.5 Å². The third-order valence-corrected chi connectivity index (χ3v) is 3.29. The molecule has 2 aromatic rings. The number of nitrogens with zero attached hydrogens (tertiary/aromatic N) is 1. The lowest BCUT2D eigenvalue weighted by Crippen LogP contribution is -2.32. The quantitative estimate of drug-likeness (QED) is 0.863. The van der Waals surface area contributed by atoms with Crippen molar-refractivity contribution >= 4 is 10.9 Å². The number of likely N-dealkylation sites (N-methyl/N-ethyl adjacent to an activating group) is 1. The van der Waals surface area contributed by atoms with Crippen molar-refractivity contribution in [3.8, 4) is 0 Å². The zero-order valence-electron chi connectivity index (χ0n) is 11.9. The molecule has 2 atom stereocenters. The molecule has 0 aliphatic heterocycles. The van der Waals surface area contributed by atoms with Crippen LogP contribution in [0.4, 0.5) is 0 Å². The molecule has 3 nitrogen and oxygen atoms in total. The van der Waals surface area contributed by atoms with Gasteiger partial charge in [0, 0.05) is 18.2 Å². The van der Waals surface area contributed by atoms with Crippen LogP contribution < -0.4 is 5.32 Å². The van der Waals surface area contributed by atoms with Gasteiger partial charge in [-0.05, 0) is 38.1 Å². The highest BCUT2D eigenvalue weighted by Crippen LogP contribution is 2.22. The molecule has 102 valence electrons. The van der Waals surface area contributed by atoms with Gasteiger partial charge in [0.1, 0.15) is 0 Å². The van der Waals surface area contributed by atoms with Crippen LogP contribution in [0.5, 0.6) is 0 Å². The van der Waals surface area contributed by atoms with Gasteiger partial charge in [-0.2, -0.15) is 0 Å². The summed E-state index contributed by atoms with van der Waals surface area (Å²) in [7, 11) is 0. The number of pyridine rings is 1. The van der Waals surface area contributed by atoms with E-state index in [0.717, 1.165) is 18.7 Å². The Labute approximate surface area is 115 Å². The maximum atomic E-state index is 5.73. The number of para-hydroxylation sites is 1. The van der Waals surface area contributed by atoms with Gasteiger partial charge < -0.3 is 10.1 Å². The number of hydrogen-bond acceptors (Lipinski definition) is 3. The Hall–Kier alpha value is -1.45. The second kappa shape index (κ2) is 6.64. The van der Waals surface area contributed by atoms with E-state index in [1.54, 1.807) is 0 Å². The predicted octanol–water partition coefficient (Wildman–Crippen LogP) is 3.31. The summed E-state index contributed by atoms with van der Waals surface area (Å²) < 4.78 is 5.73. The fraction of sp³-hybridized carbons (Fsp3) is 0.438. The van der Waals surface area contributed by atoms with Crippen molar-refractivity contribution in [3.63, 3.8) is 0 Å². The van der Waals surface area contributed by atoms with Gasteiger partial charge in [0.2, 0.25) is 0 Å². The summed E-state index contributed by atoms with van der Waals surface area (Å²) in [5.41, 5.74) is 2.21. The molecule has 1 heterocycles. The first-order chi connectivity index (χ1) is 9.26. The highest BCUT2D eigenvalue weighted by Gasteiger charge is 2.19. The lowest BCUT2D eigenvalue weighted by molar-refractivity contribution is 0.0476. The first-order valence-electron chi connectivity index (χ1n) is 6.96. The lowest BCUT2D eigenvalue weighted by atomic mass is 10.0. The second-order valence-electron chi connectivity index (χ2n) is 4.66. The minimum Gasteiger partial charge on any atom is -0.377 e. The molecule has 0 bridgehead atoms. The fourth-order valence-electron chi connectivity index (χ4n) is 2.39. The lowest BCUT2D eigenvalue weighted by Gasteiger charge is -2.25. The van der Waals surface area contributed by atoms with Crippen molar-refractivity contribution in [3.05, 3.63) is 42.1 Å². The van der Waals surface area contributed by atoms with E-state index in [9.17, 15) is 0 Å². The van der Waals surface area contributed by atoms with E-state index in [-0.39, 0.29) is 12.1 Å². The molecule has 19 heavy (non-hydrogen) atoms. The van der Waals surface area contributed by atoms with Crippen molar-refractivity contribution in [1.82, 2.24) is 10.3 Å². The van der Waals surface area contributed by atoms with Gasteiger partial charge in [-0.25, -0.2) is 0 Å². The molecule has 1 N–H and O–H groups in total. The van der Waals surface area contributed by atoms with Crippen molar-refractivity contribution in [2.45, 2.75) is 32.9 Å². The summed E-state index contributed by atoms with van der Waals surface area (Å²) in [5, 5.41) is 4.66. The molecule has 0 fully saturated rings. The predicted molar refractivity (Wildman–Crippen MR) is 79.2 cm³/mol. The van der Waals surface area contributed by atoms with Crippen LogP contribution in [0, 0.1) is 0 Å². The summed E-state index contributed by atoms with van der Waals surface area (Å²) in [6, 6.07) is 10.6. The van der Waals surface area contributed by atoms with Gasteiger partial charge in [-0.15, -0.1) is 0 Å². The summed E-state index contributed by atoms with van der Waals surface area (Å²) in [4.78, 5) is 4.53. The van der Waals surface area contributed by atoms with E-state index in [0.29, 0.717) is 0 Å². The van der Waals surface area contributed by atoms with Crippen molar-refractivity contribution in [1.29, 1.82) is 0 Å². The molecule has 0 amide bonds. The molecule has 2 rings (SSSR count). The van der Waals surface area contributed by atoms with Gasteiger partial charge in [-0.3, -0.25) is 4.98 Å². The number of fused-ring (bicyclic) bond motifs is 1. The van der Waals surface area contributed by atoms with Crippen LogP contribution in [-0.4, -0.2) is 24.2 Å². The molecular formula is C16H22N2O. The normalized spacial score (nSPS) is 14.5. The summed E-state index contributed by atoms with van der Waals surface area (Å²) in [6.45, 7) is 7.88. The standard InChI is InChI=1S/C16H22N2O/c1-4-17-16(12(3)19-5-2)14-10-13-8-6-7-9-15(13)18-11-14/h6-12,16-17H,4-5H2,1-3H3. The largest absolute Gasteiger partial charge is 0.377 e. The van der Waals surface area contributed by atoms with E-state index in [1.165, 1.54) is 10.9 Å². The maximum Gasteiger partial charge on any atom is 0.0742 e. The average molecular weight is 258 g/mol. The SMILES string of the molecule is CCNC(c1cnc2ccccc2c1)C(C)OCC. The first kappa shape index (κ1) is 14.0. The molecule has 1 aromatic carbocycles. The fourth-order valence-corrected chi connectivity index (χ4v) is 2.39. The number of hydrogen-bond donors (Lipinski definition) is 1. The van der Waals surface area contributed by atoms with E-state index in [2.05, 4.69) is 36.3 Å². The Balaban J connectivity index is 2.32. The Morgan fingerprint density at radius 2 is 2.05 bits per heavy atom. The van der Waals surface area contributed by atoms with Crippen molar-refractivity contribution < 1.29 is 4.74 Å². The molecule has 0 aliphatic rings. The summed E-state index contributed by atoms with van der Waals surface area (Å²) in [6.07, 6.45) is 2.08. The zero-order valence-corrected chi connectivity index (χ0v) is 11.9. The Bertz CT molecular complexity index is 527. The molecule has 0 aliphatic carbocycles. The van der Waals surface area contributed by atoms with Crippen LogP contribution in [-0.2, 0) is 4.74 Å². The van der Waals surface area contributed by atoms with Crippen molar-refractivity contribution in [2.24, 2.45) is 0 Å². The van der Waals surface area contributed by atoms with Crippen LogP contribution in [0.25, 0.3) is 10.9 Å². The molecular weight excluding hydrogens is 236 g/mol. The molecule has 2 unspecified atom stereocenters. The molecule has 0 radical (unpaired) electrons. The Morgan fingerprint density at radius 3 is 2.79 bits per heavy atom. The van der Waals surface area contributed by atoms with Crippen LogP contribution in [0.2, 0.25) is 0 Å². The number of benzene rings is 1. The molecule has 3 heteroatoms. The third kappa shape index (κ3) is 3.31. The number of rotatable bonds is 6. The first-order valence-corrected chi connectivity index (χ1v) is 6.96. The molecule has 0 saturated heterocycles. The van der Waals surface area contributed by atoms with E-state index in [4.69, 9.17) is 4.74 Å². The second-order valence-corrected chi connectivity index (χ2v) is 4.66. The number of nitrogens with one attached hydrogen (secondary N) is 1. The monoisotopic (exact) mass is 258 g/mol.